The highest BCUT2D eigenvalue weighted by Gasteiger charge is 2.42. The van der Waals surface area contributed by atoms with Gasteiger partial charge in [0, 0.05) is 24.7 Å². The van der Waals surface area contributed by atoms with Gasteiger partial charge >= 0.3 is 12.3 Å². The highest BCUT2D eigenvalue weighted by atomic mass is 35.5. The second-order valence-corrected chi connectivity index (χ2v) is 10.5. The first kappa shape index (κ1) is 28.6. The topological polar surface area (TPSA) is 118 Å². The van der Waals surface area contributed by atoms with Gasteiger partial charge in [-0.25, -0.2) is 9.78 Å². The Hall–Kier alpha value is -3.42. The number of aromatic nitrogens is 1. The van der Waals surface area contributed by atoms with Gasteiger partial charge in [-0.1, -0.05) is 41.1 Å². The van der Waals surface area contributed by atoms with Gasteiger partial charge in [-0.2, -0.15) is 13.2 Å². The van der Waals surface area contributed by atoms with Crippen LogP contribution in [0.4, 0.5) is 23.1 Å². The van der Waals surface area contributed by atoms with Crippen LogP contribution in [0.25, 0.3) is 10.2 Å². The molecule has 39 heavy (non-hydrogen) atoms. The molecule has 0 spiro atoms. The van der Waals surface area contributed by atoms with Crippen molar-refractivity contribution in [2.24, 2.45) is 5.73 Å². The molecule has 1 aliphatic rings. The number of fused-ring (bicyclic) bond motifs is 1. The summed E-state index contributed by atoms with van der Waals surface area (Å²) in [5, 5.41) is 2.99. The Morgan fingerprint density at radius 3 is 2.59 bits per heavy atom. The first-order chi connectivity index (χ1) is 18.5. The van der Waals surface area contributed by atoms with Gasteiger partial charge in [-0.15, -0.1) is 0 Å². The first-order valence-corrected chi connectivity index (χ1v) is 13.1. The third-order valence-electron chi connectivity index (χ3n) is 6.65. The van der Waals surface area contributed by atoms with E-state index in [9.17, 15) is 27.6 Å². The molecule has 2 heterocycles. The van der Waals surface area contributed by atoms with Gasteiger partial charge in [0.15, 0.2) is 5.13 Å². The van der Waals surface area contributed by atoms with Crippen molar-refractivity contribution in [3.63, 3.8) is 0 Å². The quantitative estimate of drug-likeness (QED) is 0.377. The molecule has 208 valence electrons. The minimum absolute atomic E-state index is 0.0649. The minimum atomic E-state index is -4.50. The van der Waals surface area contributed by atoms with Gasteiger partial charge in [-0.3, -0.25) is 14.9 Å². The Balaban J connectivity index is 1.49. The number of likely N-dealkylation sites (tertiary alicyclic amines) is 1. The summed E-state index contributed by atoms with van der Waals surface area (Å²) >= 11 is 7.18. The molecule has 0 atom stereocenters. The molecular weight excluding hydrogens is 559 g/mol. The number of amides is 3. The number of carbonyl (C=O) groups excluding carboxylic acids is 3. The lowest BCUT2D eigenvalue weighted by molar-refractivity contribution is -0.138. The smallest absolute Gasteiger partial charge is 0.416 e. The third kappa shape index (κ3) is 6.60. The lowest BCUT2D eigenvalue weighted by Crippen LogP contribution is -2.59. The zero-order valence-corrected chi connectivity index (χ0v) is 22.1. The molecule has 14 heteroatoms. The van der Waals surface area contributed by atoms with Gasteiger partial charge in [0.05, 0.1) is 27.9 Å². The molecule has 0 aliphatic carbocycles. The number of alkyl halides is 3. The van der Waals surface area contributed by atoms with Crippen LogP contribution in [0.15, 0.2) is 42.5 Å². The van der Waals surface area contributed by atoms with Crippen molar-refractivity contribution in [3.05, 3.63) is 58.6 Å². The van der Waals surface area contributed by atoms with Crippen LogP contribution in [0.1, 0.15) is 24.0 Å². The molecule has 3 amide bonds. The lowest BCUT2D eigenvalue weighted by Gasteiger charge is -2.46. The summed E-state index contributed by atoms with van der Waals surface area (Å²) in [6.45, 7) is 0.407. The maximum Gasteiger partial charge on any atom is 0.416 e. The fourth-order valence-electron chi connectivity index (χ4n) is 4.42. The van der Waals surface area contributed by atoms with Gasteiger partial charge in [0.1, 0.15) is 6.61 Å². The molecule has 0 unspecified atom stereocenters. The molecule has 3 aromatic rings. The zero-order valence-electron chi connectivity index (χ0n) is 20.5. The van der Waals surface area contributed by atoms with Crippen molar-refractivity contribution >= 4 is 56.7 Å². The van der Waals surface area contributed by atoms with E-state index >= 15 is 0 Å². The Morgan fingerprint density at radius 1 is 1.23 bits per heavy atom. The predicted molar refractivity (Wildman–Crippen MR) is 140 cm³/mol. The molecule has 4 rings (SSSR count). The molecule has 0 saturated carbocycles. The summed E-state index contributed by atoms with van der Waals surface area (Å²) in [7, 11) is 0. The van der Waals surface area contributed by atoms with Crippen molar-refractivity contribution in [1.29, 1.82) is 0 Å². The lowest BCUT2D eigenvalue weighted by atomic mass is 9.86. The number of nitrogens with one attached hydrogen (secondary N) is 1. The molecule has 9 nitrogen and oxygen atoms in total. The van der Waals surface area contributed by atoms with Crippen LogP contribution in [0.2, 0.25) is 5.02 Å². The van der Waals surface area contributed by atoms with Crippen LogP contribution >= 0.6 is 22.9 Å². The molecular formula is C25H25ClF3N5O4S. The number of rotatable bonds is 8. The standard InChI is InChI=1S/C25H25ClF3N5O4S/c26-18-4-2-1-3-16(18)13-34(15-35)24(7-9-33(10-8-24)21(36)12-30)14-38-23(37)32-22-31-19-6-5-17(25(27,28)29)11-20(19)39-22/h1-6,11,15H,7-10,12-14,30H2,(H,31,32,37). The Kier molecular flexibility index (Phi) is 8.62. The monoisotopic (exact) mass is 583 g/mol. The number of hydrogen-bond acceptors (Lipinski definition) is 7. The molecule has 1 aromatic heterocycles. The van der Waals surface area contributed by atoms with Crippen LogP contribution in [0.5, 0.6) is 0 Å². The average molecular weight is 584 g/mol. The number of nitrogens with two attached hydrogens (primary N) is 1. The van der Waals surface area contributed by atoms with E-state index in [-0.39, 0.29) is 35.4 Å². The number of carbonyl (C=O) groups is 3. The second-order valence-electron chi connectivity index (χ2n) is 9.03. The Labute approximate surface area is 230 Å². The van der Waals surface area contributed by atoms with E-state index in [1.54, 1.807) is 29.2 Å². The number of ether oxygens (including phenoxy) is 1. The summed E-state index contributed by atoms with van der Waals surface area (Å²) in [5.74, 6) is -0.226. The number of anilines is 1. The number of halogens is 4. The molecule has 1 saturated heterocycles. The average Bonchev–Trinajstić information content (AvgIpc) is 3.32. The zero-order chi connectivity index (χ0) is 28.2. The highest BCUT2D eigenvalue weighted by molar-refractivity contribution is 7.22. The van der Waals surface area contributed by atoms with Crippen LogP contribution < -0.4 is 11.1 Å². The van der Waals surface area contributed by atoms with Crippen LogP contribution in [-0.2, 0) is 27.0 Å². The number of nitrogens with zero attached hydrogens (tertiary/aromatic N) is 3. The maximum absolute atomic E-state index is 13.0. The van der Waals surface area contributed by atoms with E-state index in [2.05, 4.69) is 10.3 Å². The Morgan fingerprint density at radius 2 is 1.95 bits per heavy atom. The van der Waals surface area contributed by atoms with E-state index in [0.717, 1.165) is 23.5 Å². The molecule has 1 aliphatic heterocycles. The van der Waals surface area contributed by atoms with Crippen molar-refractivity contribution in [3.8, 4) is 0 Å². The SMILES string of the molecule is NCC(=O)N1CCC(COC(=O)Nc2nc3ccc(C(F)(F)F)cc3s2)(N(C=O)Cc2ccccc2Cl)CC1. The first-order valence-electron chi connectivity index (χ1n) is 11.9. The van der Waals surface area contributed by atoms with Crippen molar-refractivity contribution < 1.29 is 32.3 Å². The summed E-state index contributed by atoms with van der Waals surface area (Å²) < 4.78 is 44.8. The number of thiazole rings is 1. The van der Waals surface area contributed by atoms with E-state index in [0.29, 0.717) is 48.4 Å². The van der Waals surface area contributed by atoms with E-state index in [1.807, 2.05) is 0 Å². The van der Waals surface area contributed by atoms with Crippen molar-refractivity contribution in [2.75, 3.05) is 31.6 Å². The minimum Gasteiger partial charge on any atom is -0.447 e. The van der Waals surface area contributed by atoms with Gasteiger partial charge in [0.2, 0.25) is 12.3 Å². The molecule has 2 aromatic carbocycles. The molecule has 1 fully saturated rings. The van der Waals surface area contributed by atoms with Crippen molar-refractivity contribution in [2.45, 2.75) is 31.1 Å². The van der Waals surface area contributed by atoms with Crippen LogP contribution in [0, 0.1) is 0 Å². The summed E-state index contributed by atoms with van der Waals surface area (Å²) in [5.41, 5.74) is 4.72. The summed E-state index contributed by atoms with van der Waals surface area (Å²) in [4.78, 5) is 44.3. The van der Waals surface area contributed by atoms with Gasteiger partial charge in [0.25, 0.3) is 0 Å². The number of hydrogen-bond donors (Lipinski definition) is 2. The molecule has 0 radical (unpaired) electrons. The fourth-order valence-corrected chi connectivity index (χ4v) is 5.51. The maximum atomic E-state index is 13.0. The third-order valence-corrected chi connectivity index (χ3v) is 7.96. The van der Waals surface area contributed by atoms with Crippen LogP contribution in [0.3, 0.4) is 0 Å². The van der Waals surface area contributed by atoms with Gasteiger partial charge < -0.3 is 20.3 Å². The van der Waals surface area contributed by atoms with Crippen LogP contribution in [-0.4, -0.2) is 65.0 Å². The predicted octanol–water partition coefficient (Wildman–Crippen LogP) is 4.50. The van der Waals surface area contributed by atoms with E-state index < -0.39 is 23.4 Å². The summed E-state index contributed by atoms with van der Waals surface area (Å²) in [6, 6.07) is 10.2. The van der Waals surface area contributed by atoms with Crippen molar-refractivity contribution in [1.82, 2.24) is 14.8 Å². The number of piperidine rings is 1. The van der Waals surface area contributed by atoms with E-state index in [1.165, 1.54) is 11.0 Å². The van der Waals surface area contributed by atoms with E-state index in [4.69, 9.17) is 22.1 Å². The Bertz CT molecular complexity index is 1360. The summed E-state index contributed by atoms with van der Waals surface area (Å²) in [6.07, 6.45) is -4.09. The highest BCUT2D eigenvalue weighted by Crippen LogP contribution is 2.35. The normalized spacial score (nSPS) is 15.2. The fraction of sp³-hybridized carbons (Fsp3) is 0.360. The largest absolute Gasteiger partial charge is 0.447 e. The molecule has 3 N–H and O–H groups in total. The second kappa shape index (κ2) is 11.8. The number of benzene rings is 2. The van der Waals surface area contributed by atoms with Gasteiger partial charge in [-0.05, 0) is 42.7 Å². The molecule has 0 bridgehead atoms.